The summed E-state index contributed by atoms with van der Waals surface area (Å²) in [5.41, 5.74) is 1.76. The molecule has 0 saturated carbocycles. The second-order valence-electron chi connectivity index (χ2n) is 8.09. The highest BCUT2D eigenvalue weighted by Crippen LogP contribution is 2.42. The van der Waals surface area contributed by atoms with Crippen LogP contribution >= 0.6 is 0 Å². The fraction of sp³-hybridized carbons (Fsp3) is 0.250. The number of aliphatic hydroxyl groups is 1. The van der Waals surface area contributed by atoms with Crippen molar-refractivity contribution >= 4 is 17.4 Å². The Bertz CT molecular complexity index is 1270. The van der Waals surface area contributed by atoms with Gasteiger partial charge in [0.1, 0.15) is 11.5 Å². The van der Waals surface area contributed by atoms with E-state index in [-0.39, 0.29) is 17.9 Å². The van der Waals surface area contributed by atoms with Crippen LogP contribution in [0.2, 0.25) is 0 Å². The topological polar surface area (TPSA) is 98.2 Å². The monoisotopic (exact) mass is 488 g/mol. The van der Waals surface area contributed by atoms with Crippen LogP contribution in [0.25, 0.3) is 5.76 Å². The highest BCUT2D eigenvalue weighted by molar-refractivity contribution is 6.46. The summed E-state index contributed by atoms with van der Waals surface area (Å²) >= 11 is 0. The number of pyridine rings is 1. The standard InChI is InChI=1S/C28H28N2O6/c1-4-35-21-11-8-19(9-12-21)26(31)24-25(20-10-13-22(36-5-2)23(15-20)34-3)30(28(33)27(24)32)17-18-7-6-14-29-16-18/h6-16,25,31H,4-5,17H2,1-3H3/t25-/m0/s1. The van der Waals surface area contributed by atoms with Crippen molar-refractivity contribution < 1.29 is 28.9 Å². The summed E-state index contributed by atoms with van der Waals surface area (Å²) in [4.78, 5) is 32.1. The van der Waals surface area contributed by atoms with E-state index in [4.69, 9.17) is 14.2 Å². The molecule has 1 N–H and O–H groups in total. The lowest BCUT2D eigenvalue weighted by Crippen LogP contribution is -2.29. The number of methoxy groups -OCH3 is 1. The number of ether oxygens (including phenoxy) is 3. The Hall–Kier alpha value is -4.33. The van der Waals surface area contributed by atoms with Crippen LogP contribution in [0.5, 0.6) is 17.2 Å². The lowest BCUT2D eigenvalue weighted by molar-refractivity contribution is -0.140. The Morgan fingerprint density at radius 2 is 1.75 bits per heavy atom. The number of hydrogen-bond acceptors (Lipinski definition) is 7. The predicted molar refractivity (Wildman–Crippen MR) is 134 cm³/mol. The molecule has 0 unspecified atom stereocenters. The molecule has 2 heterocycles. The number of rotatable bonds is 9. The summed E-state index contributed by atoms with van der Waals surface area (Å²) in [5, 5.41) is 11.3. The molecule has 8 heteroatoms. The Morgan fingerprint density at radius 1 is 1.00 bits per heavy atom. The second kappa shape index (κ2) is 10.9. The van der Waals surface area contributed by atoms with Gasteiger partial charge in [0.15, 0.2) is 11.5 Å². The molecule has 3 aromatic rings. The molecular formula is C28H28N2O6. The van der Waals surface area contributed by atoms with Crippen molar-refractivity contribution in [2.24, 2.45) is 0 Å². The molecule has 0 spiro atoms. The van der Waals surface area contributed by atoms with E-state index in [2.05, 4.69) is 4.98 Å². The molecule has 0 aliphatic carbocycles. The van der Waals surface area contributed by atoms with Crippen LogP contribution < -0.4 is 14.2 Å². The summed E-state index contributed by atoms with van der Waals surface area (Å²) in [6.45, 7) is 4.84. The molecule has 2 aromatic carbocycles. The average Bonchev–Trinajstić information content (AvgIpc) is 3.15. The van der Waals surface area contributed by atoms with Gasteiger partial charge in [-0.25, -0.2) is 0 Å². The SMILES string of the molecule is CCOc1ccc(C(O)=C2C(=O)C(=O)N(Cc3cccnc3)[C@H]2c2ccc(OCC)c(OC)c2)cc1. The lowest BCUT2D eigenvalue weighted by Gasteiger charge is -2.26. The number of aromatic nitrogens is 1. The predicted octanol–water partition coefficient (Wildman–Crippen LogP) is 4.51. The number of likely N-dealkylation sites (tertiary alicyclic amines) is 1. The van der Waals surface area contributed by atoms with Crippen molar-refractivity contribution in [3.05, 3.63) is 89.3 Å². The maximum atomic E-state index is 13.3. The molecule has 1 aliphatic heterocycles. The summed E-state index contributed by atoms with van der Waals surface area (Å²) in [6, 6.07) is 14.7. The first-order chi connectivity index (χ1) is 17.5. The third-order valence-corrected chi connectivity index (χ3v) is 5.86. The maximum Gasteiger partial charge on any atom is 0.295 e. The molecule has 1 fully saturated rings. The van der Waals surface area contributed by atoms with Gasteiger partial charge in [-0.05, 0) is 67.4 Å². The highest BCUT2D eigenvalue weighted by Gasteiger charge is 2.46. The number of Topliss-reactive ketones (excluding diaryl/α,β-unsaturated/α-hetero) is 1. The van der Waals surface area contributed by atoms with Crippen LogP contribution in [0.1, 0.15) is 36.6 Å². The van der Waals surface area contributed by atoms with E-state index in [1.54, 1.807) is 60.9 Å². The normalized spacial score (nSPS) is 16.8. The van der Waals surface area contributed by atoms with Gasteiger partial charge in [0.2, 0.25) is 0 Å². The van der Waals surface area contributed by atoms with Gasteiger partial charge in [-0.3, -0.25) is 14.6 Å². The fourth-order valence-corrected chi connectivity index (χ4v) is 4.24. The number of carbonyl (C=O) groups excluding carboxylic acids is 2. The van der Waals surface area contributed by atoms with Crippen LogP contribution in [0, 0.1) is 0 Å². The van der Waals surface area contributed by atoms with Gasteiger partial charge in [-0.1, -0.05) is 12.1 Å². The average molecular weight is 489 g/mol. The lowest BCUT2D eigenvalue weighted by atomic mass is 9.94. The molecule has 1 aliphatic rings. The minimum absolute atomic E-state index is 0.000682. The quantitative estimate of drug-likeness (QED) is 0.269. The third-order valence-electron chi connectivity index (χ3n) is 5.86. The van der Waals surface area contributed by atoms with Gasteiger partial charge in [0.05, 0.1) is 31.9 Å². The zero-order chi connectivity index (χ0) is 25.7. The molecule has 186 valence electrons. The van der Waals surface area contributed by atoms with Crippen LogP contribution in [0.15, 0.2) is 72.6 Å². The van der Waals surface area contributed by atoms with E-state index in [9.17, 15) is 14.7 Å². The van der Waals surface area contributed by atoms with Gasteiger partial charge in [0, 0.05) is 24.5 Å². The van der Waals surface area contributed by atoms with Crippen LogP contribution in [-0.4, -0.2) is 47.0 Å². The van der Waals surface area contributed by atoms with Crippen LogP contribution in [-0.2, 0) is 16.1 Å². The number of aliphatic hydroxyl groups excluding tert-OH is 1. The molecule has 0 radical (unpaired) electrons. The van der Waals surface area contributed by atoms with Gasteiger partial charge in [0.25, 0.3) is 11.7 Å². The summed E-state index contributed by atoms with van der Waals surface area (Å²) in [7, 11) is 1.52. The minimum atomic E-state index is -0.846. The van der Waals surface area contributed by atoms with Gasteiger partial charge >= 0.3 is 0 Å². The molecule has 1 saturated heterocycles. The first-order valence-electron chi connectivity index (χ1n) is 11.7. The van der Waals surface area contributed by atoms with Crippen LogP contribution in [0.4, 0.5) is 0 Å². The molecule has 36 heavy (non-hydrogen) atoms. The summed E-state index contributed by atoms with van der Waals surface area (Å²) in [5.74, 6) is -0.0870. The molecule has 8 nitrogen and oxygen atoms in total. The zero-order valence-corrected chi connectivity index (χ0v) is 20.4. The van der Waals surface area contributed by atoms with Gasteiger partial charge in [-0.15, -0.1) is 0 Å². The van der Waals surface area contributed by atoms with E-state index < -0.39 is 17.7 Å². The Kier molecular flexibility index (Phi) is 7.53. The third kappa shape index (κ3) is 4.88. The summed E-state index contributed by atoms with van der Waals surface area (Å²) < 4.78 is 16.6. The fourth-order valence-electron chi connectivity index (χ4n) is 4.24. The van der Waals surface area contributed by atoms with Crippen molar-refractivity contribution in [1.82, 2.24) is 9.88 Å². The minimum Gasteiger partial charge on any atom is -0.507 e. The molecule has 1 aromatic heterocycles. The smallest absolute Gasteiger partial charge is 0.295 e. The van der Waals surface area contributed by atoms with E-state index in [0.29, 0.717) is 41.6 Å². The van der Waals surface area contributed by atoms with Crippen molar-refractivity contribution in [3.63, 3.8) is 0 Å². The molecular weight excluding hydrogens is 460 g/mol. The number of nitrogens with zero attached hydrogens (tertiary/aromatic N) is 2. The van der Waals surface area contributed by atoms with Crippen LogP contribution in [0.3, 0.4) is 0 Å². The molecule has 0 bridgehead atoms. The Morgan fingerprint density at radius 3 is 2.39 bits per heavy atom. The van der Waals surface area contributed by atoms with Gasteiger partial charge in [-0.2, -0.15) is 0 Å². The number of ketones is 1. The second-order valence-corrected chi connectivity index (χ2v) is 8.09. The molecule has 1 atom stereocenters. The zero-order valence-electron chi connectivity index (χ0n) is 20.4. The van der Waals surface area contributed by atoms with Gasteiger partial charge < -0.3 is 24.2 Å². The molecule has 1 amide bonds. The number of benzene rings is 2. The number of carbonyl (C=O) groups is 2. The van der Waals surface area contributed by atoms with Crippen molar-refractivity contribution in [2.45, 2.75) is 26.4 Å². The van der Waals surface area contributed by atoms with E-state index in [1.165, 1.54) is 12.0 Å². The Labute approximate surface area is 209 Å². The van der Waals surface area contributed by atoms with E-state index >= 15 is 0 Å². The number of hydrogen-bond donors (Lipinski definition) is 1. The van der Waals surface area contributed by atoms with Crippen molar-refractivity contribution in [2.75, 3.05) is 20.3 Å². The first kappa shape index (κ1) is 24.8. The summed E-state index contributed by atoms with van der Waals surface area (Å²) in [6.07, 6.45) is 3.28. The largest absolute Gasteiger partial charge is 0.507 e. The number of amides is 1. The maximum absolute atomic E-state index is 13.3. The van der Waals surface area contributed by atoms with Crippen molar-refractivity contribution in [3.8, 4) is 17.2 Å². The Balaban J connectivity index is 1.85. The van der Waals surface area contributed by atoms with Crippen molar-refractivity contribution in [1.29, 1.82) is 0 Å². The highest BCUT2D eigenvalue weighted by atomic mass is 16.5. The van der Waals surface area contributed by atoms with E-state index in [0.717, 1.165) is 5.56 Å². The molecule has 4 rings (SSSR count). The van der Waals surface area contributed by atoms with E-state index in [1.807, 2.05) is 19.9 Å². The first-order valence-corrected chi connectivity index (χ1v) is 11.7.